The van der Waals surface area contributed by atoms with Gasteiger partial charge in [-0.25, -0.2) is 0 Å². The Labute approximate surface area is 285 Å². The number of nitrogens with zero attached hydrogens (tertiary/aromatic N) is 4. The number of nitrogens with one attached hydrogen (secondary N) is 1. The van der Waals surface area contributed by atoms with E-state index in [1.165, 1.54) is 102 Å². The summed E-state index contributed by atoms with van der Waals surface area (Å²) in [5.74, 6) is 4.64. The maximum atomic E-state index is 12.9. The molecule has 0 radical (unpaired) electrons. The third-order valence-electron chi connectivity index (χ3n) is 11.1. The number of hydrogen-bond donors (Lipinski definition) is 2. The van der Waals surface area contributed by atoms with Crippen LogP contribution in [0.4, 0.5) is 17.6 Å². The number of rotatable bonds is 17. The van der Waals surface area contributed by atoms with Crippen molar-refractivity contribution in [3.05, 3.63) is 42.0 Å². The zero-order chi connectivity index (χ0) is 32.9. The van der Waals surface area contributed by atoms with Gasteiger partial charge in [-0.15, -0.1) is 0 Å². The van der Waals surface area contributed by atoms with E-state index in [0.717, 1.165) is 50.4 Å². The summed E-state index contributed by atoms with van der Waals surface area (Å²) in [6, 6.07) is 12.7. The fraction of sp³-hybridized carbons (Fsp3) is 0.737. The average molecular weight is 667 g/mol. The normalized spacial score (nSPS) is 24.2. The van der Waals surface area contributed by atoms with Crippen LogP contribution >= 0.6 is 7.37 Å². The van der Waals surface area contributed by atoms with E-state index >= 15 is 0 Å². The van der Waals surface area contributed by atoms with E-state index in [9.17, 15) is 4.57 Å². The molecule has 2 aliphatic carbocycles. The summed E-state index contributed by atoms with van der Waals surface area (Å²) in [7, 11) is -2.60. The molecule has 3 aliphatic rings. The van der Waals surface area contributed by atoms with Crippen LogP contribution in [0.3, 0.4) is 0 Å². The van der Waals surface area contributed by atoms with Crippen molar-refractivity contribution in [3.63, 3.8) is 0 Å². The zero-order valence-electron chi connectivity index (χ0n) is 29.5. The van der Waals surface area contributed by atoms with Crippen LogP contribution in [0.15, 0.2) is 36.4 Å². The van der Waals surface area contributed by atoms with E-state index in [0.29, 0.717) is 30.5 Å². The molecule has 1 aromatic heterocycles. The summed E-state index contributed by atoms with van der Waals surface area (Å²) >= 11 is 0. The first-order valence-corrected chi connectivity index (χ1v) is 21.3. The zero-order valence-corrected chi connectivity index (χ0v) is 30.4. The minimum Gasteiger partial charge on any atom is -0.383 e. The fourth-order valence-corrected chi connectivity index (χ4v) is 9.58. The van der Waals surface area contributed by atoms with E-state index in [1.54, 1.807) is 6.66 Å². The summed E-state index contributed by atoms with van der Waals surface area (Å²) in [5, 5.41) is 3.56. The Hall–Kier alpha value is -2.15. The highest BCUT2D eigenvalue weighted by Crippen LogP contribution is 2.43. The van der Waals surface area contributed by atoms with Crippen molar-refractivity contribution in [3.8, 4) is 0 Å². The van der Waals surface area contributed by atoms with Gasteiger partial charge in [-0.2, -0.15) is 9.97 Å². The number of anilines is 3. The molecular weight excluding hydrogens is 603 g/mol. The third-order valence-corrected chi connectivity index (χ3v) is 13.0. The largest absolute Gasteiger partial charge is 0.383 e. The quantitative estimate of drug-likeness (QED) is 0.128. The Kier molecular flexibility index (Phi) is 14.3. The summed E-state index contributed by atoms with van der Waals surface area (Å²) in [6.07, 6.45) is 22.0. The summed E-state index contributed by atoms with van der Waals surface area (Å²) < 4.78 is 18.4. The van der Waals surface area contributed by atoms with Gasteiger partial charge in [-0.3, -0.25) is 9.46 Å². The molecule has 2 heterocycles. The second-order valence-corrected chi connectivity index (χ2v) is 17.5. The Morgan fingerprint density at radius 1 is 0.894 bits per heavy atom. The number of hydrogen-bond acceptors (Lipinski definition) is 8. The highest BCUT2D eigenvalue weighted by molar-refractivity contribution is 7.58. The molecule has 2 aromatic rings. The number of piperazine rings is 1. The van der Waals surface area contributed by atoms with Gasteiger partial charge in [0.15, 0.2) is 0 Å². The van der Waals surface area contributed by atoms with E-state index < -0.39 is 7.37 Å². The minimum atomic E-state index is -2.60. The molecule has 3 N–H and O–H groups in total. The third kappa shape index (κ3) is 11.7. The molecule has 1 aromatic carbocycles. The molecule has 2 saturated carbocycles. The van der Waals surface area contributed by atoms with Gasteiger partial charge in [0.05, 0.1) is 12.6 Å². The first-order valence-electron chi connectivity index (χ1n) is 19.0. The molecule has 1 aliphatic heterocycles. The molecule has 0 spiro atoms. The van der Waals surface area contributed by atoms with Crippen molar-refractivity contribution >= 4 is 25.0 Å². The van der Waals surface area contributed by atoms with Crippen LogP contribution in [0.1, 0.15) is 115 Å². The molecule has 2 unspecified atom stereocenters. The summed E-state index contributed by atoms with van der Waals surface area (Å²) in [4.78, 5) is 14.3. The first kappa shape index (κ1) is 36.1. The van der Waals surface area contributed by atoms with Gasteiger partial charge in [0, 0.05) is 51.6 Å². The number of unbranched alkanes of at least 4 members (excludes halogenated alkanes) is 3. The van der Waals surface area contributed by atoms with Crippen molar-refractivity contribution in [1.29, 1.82) is 0 Å². The van der Waals surface area contributed by atoms with Gasteiger partial charge in [-0.05, 0) is 43.1 Å². The van der Waals surface area contributed by atoms with Crippen LogP contribution in [0, 0.1) is 17.8 Å². The Bertz CT molecular complexity index is 1230. The fourth-order valence-electron chi connectivity index (χ4n) is 8.28. The van der Waals surface area contributed by atoms with Crippen molar-refractivity contribution in [2.75, 3.05) is 68.1 Å². The second-order valence-electron chi connectivity index (χ2n) is 14.8. The number of benzene rings is 1. The highest BCUT2D eigenvalue weighted by Gasteiger charge is 2.31. The molecule has 3 fully saturated rings. The minimum absolute atomic E-state index is 0.163. The van der Waals surface area contributed by atoms with Crippen LogP contribution in [0.2, 0.25) is 0 Å². The molecule has 5 rings (SSSR count). The van der Waals surface area contributed by atoms with E-state index in [4.69, 9.17) is 15.2 Å². The number of aromatic nitrogens is 2. The molecule has 47 heavy (non-hydrogen) atoms. The van der Waals surface area contributed by atoms with Gasteiger partial charge >= 0.3 is 0 Å². The molecule has 0 bridgehead atoms. The molecule has 1 saturated heterocycles. The second kappa shape index (κ2) is 18.6. The lowest BCUT2D eigenvalue weighted by Crippen LogP contribution is -2.49. The van der Waals surface area contributed by atoms with Crippen LogP contribution in [0.25, 0.3) is 0 Å². The average Bonchev–Trinajstić information content (AvgIpc) is 3.09. The lowest BCUT2D eigenvalue weighted by Gasteiger charge is -2.42. The van der Waals surface area contributed by atoms with Crippen LogP contribution in [-0.4, -0.2) is 67.0 Å². The molecule has 262 valence electrons. The van der Waals surface area contributed by atoms with Gasteiger partial charge in [0.2, 0.25) is 13.3 Å². The molecular formula is C38H63N6O2P. The first-order chi connectivity index (χ1) is 22.9. The lowest BCUT2D eigenvalue weighted by molar-refractivity contribution is 0.185. The van der Waals surface area contributed by atoms with Crippen molar-refractivity contribution in [2.24, 2.45) is 17.8 Å². The van der Waals surface area contributed by atoms with Gasteiger partial charge in [-0.1, -0.05) is 114 Å². The van der Waals surface area contributed by atoms with Gasteiger partial charge < -0.3 is 20.5 Å². The highest BCUT2D eigenvalue weighted by atomic mass is 31.2. The van der Waals surface area contributed by atoms with Crippen LogP contribution in [0.5, 0.6) is 0 Å². The van der Waals surface area contributed by atoms with E-state index in [1.807, 2.05) is 13.0 Å². The predicted octanol–water partition coefficient (Wildman–Crippen LogP) is 9.01. The van der Waals surface area contributed by atoms with Gasteiger partial charge in [0.25, 0.3) is 0 Å². The maximum absolute atomic E-state index is 12.9. The Morgan fingerprint density at radius 3 is 2.28 bits per heavy atom. The molecule has 9 heteroatoms. The molecule has 0 amide bonds. The maximum Gasteiger partial charge on any atom is 0.226 e. The van der Waals surface area contributed by atoms with Crippen LogP contribution < -0.4 is 16.0 Å². The van der Waals surface area contributed by atoms with Crippen molar-refractivity contribution < 1.29 is 9.09 Å². The number of nitrogen functional groups attached to an aromatic ring is 1. The van der Waals surface area contributed by atoms with Crippen molar-refractivity contribution in [2.45, 2.75) is 109 Å². The molecule has 8 nitrogen and oxygen atoms in total. The Balaban J connectivity index is 1.06. The van der Waals surface area contributed by atoms with Crippen molar-refractivity contribution in [1.82, 2.24) is 14.9 Å². The SMILES string of the molecule is CCOP(C)(=O)CCN1CCN(c2cc(N)nc(NCC3CCC(CCCCCCC4CCCCC4)CC3)n2)CC1c1ccccc1. The summed E-state index contributed by atoms with van der Waals surface area (Å²) in [5.41, 5.74) is 7.59. The van der Waals surface area contributed by atoms with Crippen LogP contribution in [-0.2, 0) is 9.09 Å². The smallest absolute Gasteiger partial charge is 0.226 e. The molecule has 2 atom stereocenters. The lowest BCUT2D eigenvalue weighted by atomic mass is 9.79. The van der Waals surface area contributed by atoms with E-state index in [2.05, 4.69) is 50.4 Å². The standard InChI is InChI=1S/C38H63N6O2P/c1-3-46-47(2,45)27-26-43-24-25-44(30-35(43)34-18-12-7-13-19-34)37-28-36(39)41-38(42-37)40-29-33-22-20-32(21-23-33)17-9-5-4-8-14-31-15-10-6-11-16-31/h7,12-13,18-19,28,31-33,35H,3-6,8-11,14-17,20-27,29-30H2,1-2H3,(H3,39,40,41,42). The Morgan fingerprint density at radius 2 is 1.57 bits per heavy atom. The van der Waals surface area contributed by atoms with E-state index in [-0.39, 0.29) is 6.04 Å². The summed E-state index contributed by atoms with van der Waals surface area (Å²) in [6.45, 7) is 8.26. The monoisotopic (exact) mass is 666 g/mol. The topological polar surface area (TPSA) is 96.6 Å². The predicted molar refractivity (Wildman–Crippen MR) is 198 cm³/mol. The number of nitrogens with two attached hydrogens (primary N) is 1. The van der Waals surface area contributed by atoms with Gasteiger partial charge in [0.1, 0.15) is 11.6 Å².